The molecule has 0 bridgehead atoms. The van der Waals surface area contributed by atoms with Gasteiger partial charge in [-0.15, -0.1) is 0 Å². The van der Waals surface area contributed by atoms with Crippen LogP contribution in [-0.4, -0.2) is 47.5 Å². The van der Waals surface area contributed by atoms with Crippen LogP contribution in [0.3, 0.4) is 0 Å². The van der Waals surface area contributed by atoms with Crippen LogP contribution < -0.4 is 15.4 Å². The molecule has 11 heteroatoms. The molecule has 0 fully saturated rings. The highest BCUT2D eigenvalue weighted by Gasteiger charge is 2.33. The van der Waals surface area contributed by atoms with Crippen molar-refractivity contribution in [3.63, 3.8) is 0 Å². The molecule has 3 rings (SSSR count). The fraction of sp³-hybridized carbons (Fsp3) is 0.550. The summed E-state index contributed by atoms with van der Waals surface area (Å²) in [6, 6.07) is 3.93. The number of nitrogens with one attached hydrogen (secondary N) is 2. The number of nitrogens with zero attached hydrogens (tertiary/aromatic N) is 4. The summed E-state index contributed by atoms with van der Waals surface area (Å²) in [6.07, 6.45) is -2.94. The Kier molecular flexibility index (Phi) is 7.37. The van der Waals surface area contributed by atoms with Gasteiger partial charge in [-0.2, -0.15) is 18.3 Å². The van der Waals surface area contributed by atoms with Crippen LogP contribution in [0, 0.1) is 0 Å². The van der Waals surface area contributed by atoms with E-state index in [9.17, 15) is 13.2 Å². The van der Waals surface area contributed by atoms with Crippen LogP contribution >= 0.6 is 0 Å². The second-order valence-electron chi connectivity index (χ2n) is 7.16. The maximum absolute atomic E-state index is 13.4. The van der Waals surface area contributed by atoms with E-state index in [-0.39, 0.29) is 23.9 Å². The molecule has 0 saturated heterocycles. The SMILES string of the molecule is CCNC(=NCc1ccc(OC)cc1C(F)(F)F)NC1CCc2nc(COC)nn2C1. The topological polar surface area (TPSA) is 85.6 Å². The van der Waals surface area contributed by atoms with Crippen molar-refractivity contribution in [3.8, 4) is 5.75 Å². The number of halogens is 3. The molecule has 0 saturated carbocycles. The third-order valence-corrected chi connectivity index (χ3v) is 4.89. The summed E-state index contributed by atoms with van der Waals surface area (Å²) in [5, 5.41) is 10.8. The lowest BCUT2D eigenvalue weighted by atomic mass is 10.1. The Balaban J connectivity index is 1.72. The molecule has 0 radical (unpaired) electrons. The van der Waals surface area contributed by atoms with Crippen LogP contribution in [0.15, 0.2) is 23.2 Å². The molecule has 1 aromatic carbocycles. The van der Waals surface area contributed by atoms with Crippen molar-refractivity contribution in [2.24, 2.45) is 4.99 Å². The maximum Gasteiger partial charge on any atom is 0.416 e. The predicted octanol–water partition coefficient (Wildman–Crippen LogP) is 2.52. The minimum atomic E-state index is -4.49. The van der Waals surface area contributed by atoms with Crippen LogP contribution in [0.25, 0.3) is 0 Å². The first-order chi connectivity index (χ1) is 14.8. The van der Waals surface area contributed by atoms with Crippen molar-refractivity contribution >= 4 is 5.96 Å². The van der Waals surface area contributed by atoms with Gasteiger partial charge in [0, 0.05) is 26.1 Å². The second kappa shape index (κ2) is 9.99. The number of alkyl halides is 3. The lowest BCUT2D eigenvalue weighted by Crippen LogP contribution is -2.47. The van der Waals surface area contributed by atoms with Gasteiger partial charge >= 0.3 is 6.18 Å². The third-order valence-electron chi connectivity index (χ3n) is 4.89. The number of aromatic nitrogens is 3. The average Bonchev–Trinajstić information content (AvgIpc) is 3.13. The molecule has 2 N–H and O–H groups in total. The third kappa shape index (κ3) is 5.87. The van der Waals surface area contributed by atoms with E-state index in [1.807, 2.05) is 11.6 Å². The summed E-state index contributed by atoms with van der Waals surface area (Å²) in [5.41, 5.74) is -0.668. The van der Waals surface area contributed by atoms with Gasteiger partial charge in [0.1, 0.15) is 18.2 Å². The molecule has 0 amide bonds. The molecule has 1 atom stereocenters. The zero-order valence-electron chi connectivity index (χ0n) is 17.8. The molecule has 1 aromatic heterocycles. The number of aryl methyl sites for hydroxylation is 1. The lowest BCUT2D eigenvalue weighted by Gasteiger charge is -2.25. The molecule has 2 heterocycles. The number of benzene rings is 1. The largest absolute Gasteiger partial charge is 0.497 e. The van der Waals surface area contributed by atoms with E-state index < -0.39 is 11.7 Å². The molecular weight excluding hydrogens is 413 g/mol. The highest BCUT2D eigenvalue weighted by atomic mass is 19.4. The predicted molar refractivity (Wildman–Crippen MR) is 109 cm³/mol. The zero-order chi connectivity index (χ0) is 22.4. The minimum Gasteiger partial charge on any atom is -0.497 e. The number of hydrogen-bond acceptors (Lipinski definition) is 5. The number of fused-ring (bicyclic) bond motifs is 1. The van der Waals surface area contributed by atoms with Gasteiger partial charge in [0.15, 0.2) is 11.8 Å². The first-order valence-corrected chi connectivity index (χ1v) is 10.0. The van der Waals surface area contributed by atoms with Crippen LogP contribution in [0.4, 0.5) is 13.2 Å². The van der Waals surface area contributed by atoms with Crippen LogP contribution in [0.2, 0.25) is 0 Å². The monoisotopic (exact) mass is 440 g/mol. The maximum atomic E-state index is 13.4. The number of aliphatic imine (C=N–C) groups is 1. The van der Waals surface area contributed by atoms with Crippen LogP contribution in [0.5, 0.6) is 5.75 Å². The molecule has 8 nitrogen and oxygen atoms in total. The summed E-state index contributed by atoms with van der Waals surface area (Å²) in [4.78, 5) is 8.84. The number of guanidine groups is 1. The quantitative estimate of drug-likeness (QED) is 0.508. The molecule has 1 aliphatic rings. The van der Waals surface area contributed by atoms with E-state index in [4.69, 9.17) is 9.47 Å². The smallest absolute Gasteiger partial charge is 0.416 e. The summed E-state index contributed by atoms with van der Waals surface area (Å²) < 4.78 is 52.2. The summed E-state index contributed by atoms with van der Waals surface area (Å²) in [5.74, 6) is 2.15. The zero-order valence-corrected chi connectivity index (χ0v) is 17.8. The van der Waals surface area contributed by atoms with E-state index in [2.05, 4.69) is 25.7 Å². The highest BCUT2D eigenvalue weighted by molar-refractivity contribution is 5.80. The van der Waals surface area contributed by atoms with Gasteiger partial charge < -0.3 is 20.1 Å². The first-order valence-electron chi connectivity index (χ1n) is 10.0. The van der Waals surface area contributed by atoms with Crippen molar-refractivity contribution in [1.29, 1.82) is 0 Å². The van der Waals surface area contributed by atoms with E-state index in [0.29, 0.717) is 31.5 Å². The van der Waals surface area contributed by atoms with Gasteiger partial charge in [0.2, 0.25) is 0 Å². The normalized spacial score (nSPS) is 16.7. The van der Waals surface area contributed by atoms with E-state index >= 15 is 0 Å². The van der Waals surface area contributed by atoms with Gasteiger partial charge in [0.25, 0.3) is 0 Å². The number of rotatable bonds is 7. The summed E-state index contributed by atoms with van der Waals surface area (Å²) >= 11 is 0. The fourth-order valence-corrected chi connectivity index (χ4v) is 3.43. The van der Waals surface area contributed by atoms with Crippen molar-refractivity contribution in [2.45, 2.75) is 51.7 Å². The van der Waals surface area contributed by atoms with Crippen molar-refractivity contribution < 1.29 is 22.6 Å². The summed E-state index contributed by atoms with van der Waals surface area (Å²) in [7, 11) is 2.93. The second-order valence-corrected chi connectivity index (χ2v) is 7.16. The Hall–Kier alpha value is -2.82. The van der Waals surface area contributed by atoms with Crippen molar-refractivity contribution in [1.82, 2.24) is 25.4 Å². The number of methoxy groups -OCH3 is 2. The lowest BCUT2D eigenvalue weighted by molar-refractivity contribution is -0.138. The van der Waals surface area contributed by atoms with Crippen LogP contribution in [-0.2, 0) is 37.0 Å². The number of hydrogen-bond donors (Lipinski definition) is 2. The fourth-order valence-electron chi connectivity index (χ4n) is 3.43. The first kappa shape index (κ1) is 22.9. The Morgan fingerprint density at radius 3 is 2.81 bits per heavy atom. The molecule has 0 spiro atoms. The molecule has 31 heavy (non-hydrogen) atoms. The standard InChI is InChI=1S/C20H27F3N6O2/c1-4-24-19(25-10-13-5-7-15(31-3)9-16(13)20(21,22)23)26-14-6-8-18-27-17(12-30-2)28-29(18)11-14/h5,7,9,14H,4,6,8,10-12H2,1-3H3,(H2,24,25,26). The average molecular weight is 440 g/mol. The molecule has 170 valence electrons. The Bertz CT molecular complexity index is 913. The Morgan fingerprint density at radius 1 is 1.32 bits per heavy atom. The molecule has 0 aliphatic carbocycles. The van der Waals surface area contributed by atoms with E-state index in [1.165, 1.54) is 19.2 Å². The van der Waals surface area contributed by atoms with Gasteiger partial charge in [-0.05, 0) is 31.0 Å². The van der Waals surface area contributed by atoms with Crippen molar-refractivity contribution in [2.75, 3.05) is 20.8 Å². The Morgan fingerprint density at radius 2 is 2.13 bits per heavy atom. The van der Waals surface area contributed by atoms with Gasteiger partial charge in [0.05, 0.1) is 25.8 Å². The van der Waals surface area contributed by atoms with Gasteiger partial charge in [-0.1, -0.05) is 6.07 Å². The number of ether oxygens (including phenoxy) is 2. The Labute approximate surface area is 178 Å². The van der Waals surface area contributed by atoms with Gasteiger partial charge in [-0.25, -0.2) is 14.7 Å². The van der Waals surface area contributed by atoms with Gasteiger partial charge in [-0.3, -0.25) is 0 Å². The molecule has 2 aromatic rings. The summed E-state index contributed by atoms with van der Waals surface area (Å²) in [6.45, 7) is 3.31. The van der Waals surface area contributed by atoms with E-state index in [0.717, 1.165) is 24.7 Å². The van der Waals surface area contributed by atoms with E-state index in [1.54, 1.807) is 7.11 Å². The van der Waals surface area contributed by atoms with Crippen LogP contribution in [0.1, 0.15) is 36.1 Å². The highest BCUT2D eigenvalue weighted by Crippen LogP contribution is 2.34. The molecule has 1 unspecified atom stereocenters. The minimum absolute atomic E-state index is 0.0281. The molecular formula is C20H27F3N6O2. The van der Waals surface area contributed by atoms with Crippen molar-refractivity contribution in [3.05, 3.63) is 41.0 Å². The molecule has 1 aliphatic heterocycles.